The summed E-state index contributed by atoms with van der Waals surface area (Å²) in [7, 11) is -3.50. The molecule has 162 valence electrons. The Morgan fingerprint density at radius 3 is 2.53 bits per heavy atom. The number of rotatable bonds is 5. The number of thiophene rings is 1. The molecule has 4 rings (SSSR count). The summed E-state index contributed by atoms with van der Waals surface area (Å²) in [6.07, 6.45) is 2.44. The Hall–Kier alpha value is -1.45. The molecule has 3 heterocycles. The monoisotopic (exact) mass is 468 g/mol. The summed E-state index contributed by atoms with van der Waals surface area (Å²) < 4.78 is 33.6. The van der Waals surface area contributed by atoms with Crippen LogP contribution in [0.15, 0.2) is 46.0 Å². The normalized spacial score (nSPS) is 20.2. The molecule has 0 unspecified atom stereocenters. The van der Waals surface area contributed by atoms with Gasteiger partial charge in [0.15, 0.2) is 0 Å². The Balaban J connectivity index is 1.46. The minimum atomic E-state index is -3.50. The maximum Gasteiger partial charge on any atom is 0.250 e. The first-order valence-corrected chi connectivity index (χ1v) is 12.8. The largest absolute Gasteiger partial charge is 0.381 e. The van der Waals surface area contributed by atoms with E-state index in [-0.39, 0.29) is 11.9 Å². The third-order valence-corrected chi connectivity index (χ3v) is 9.15. The second-order valence-corrected chi connectivity index (χ2v) is 11.1. The topological polar surface area (TPSA) is 75.7 Å². The zero-order valence-corrected chi connectivity index (χ0v) is 18.9. The van der Waals surface area contributed by atoms with Gasteiger partial charge in [0.25, 0.3) is 0 Å². The van der Waals surface area contributed by atoms with Gasteiger partial charge in [-0.2, -0.15) is 0 Å². The lowest BCUT2D eigenvalue weighted by Crippen LogP contribution is -2.54. The van der Waals surface area contributed by atoms with Gasteiger partial charge in [0.2, 0.25) is 15.9 Å². The van der Waals surface area contributed by atoms with Crippen molar-refractivity contribution in [3.05, 3.63) is 52.4 Å². The molecule has 1 N–H and O–H groups in total. The molecule has 0 atom stereocenters. The Kier molecular flexibility index (Phi) is 6.50. The predicted octanol–water partition coefficient (Wildman–Crippen LogP) is 3.42. The molecule has 0 bridgehead atoms. The number of hydrogen-bond acceptors (Lipinski definition) is 5. The summed E-state index contributed by atoms with van der Waals surface area (Å²) in [5.74, 6) is 0.0904. The highest BCUT2D eigenvalue weighted by molar-refractivity contribution is 7.91. The van der Waals surface area contributed by atoms with E-state index in [0.29, 0.717) is 61.2 Å². The van der Waals surface area contributed by atoms with Crippen LogP contribution in [0.4, 0.5) is 0 Å². The average molecular weight is 469 g/mol. The van der Waals surface area contributed by atoms with E-state index in [1.807, 2.05) is 29.2 Å². The summed E-state index contributed by atoms with van der Waals surface area (Å²) in [6, 6.07) is 10.7. The molecule has 1 aromatic heterocycles. The summed E-state index contributed by atoms with van der Waals surface area (Å²) in [4.78, 5) is 15.5. The van der Waals surface area contributed by atoms with Crippen LogP contribution in [0.3, 0.4) is 0 Å². The van der Waals surface area contributed by atoms with Crippen molar-refractivity contribution in [3.63, 3.8) is 0 Å². The van der Waals surface area contributed by atoms with Gasteiger partial charge in [0.05, 0.1) is 5.41 Å². The third kappa shape index (κ3) is 4.43. The molecule has 0 radical (unpaired) electrons. The molecular weight excluding hydrogens is 444 g/mol. The van der Waals surface area contributed by atoms with Crippen molar-refractivity contribution in [1.29, 1.82) is 0 Å². The Bertz CT molecular complexity index is 980. The number of hydrogen-bond donors (Lipinski definition) is 1. The van der Waals surface area contributed by atoms with Gasteiger partial charge in [-0.25, -0.2) is 13.1 Å². The molecule has 0 spiro atoms. The van der Waals surface area contributed by atoms with Crippen LogP contribution in [0, 0.1) is 0 Å². The Labute approximate surface area is 186 Å². The summed E-state index contributed by atoms with van der Waals surface area (Å²) in [5.41, 5.74) is 0.302. The molecule has 2 fully saturated rings. The standard InChI is InChI=1S/C21H25ClN2O4S2/c22-17-4-1-3-16(15-17)21(8-12-28-13-9-21)20(25)24-10-6-18(7-11-24)23-30(26,27)19-5-2-14-29-19/h1-5,14-15,18,23H,6-13H2. The predicted molar refractivity (Wildman–Crippen MR) is 117 cm³/mol. The first-order chi connectivity index (χ1) is 14.4. The van der Waals surface area contributed by atoms with Crippen molar-refractivity contribution in [2.24, 2.45) is 0 Å². The average Bonchev–Trinajstić information content (AvgIpc) is 3.30. The van der Waals surface area contributed by atoms with Gasteiger partial charge in [0, 0.05) is 37.4 Å². The SMILES string of the molecule is O=C(N1CCC(NS(=O)(=O)c2cccs2)CC1)C1(c2cccc(Cl)c2)CCOCC1. The van der Waals surface area contributed by atoms with Crippen LogP contribution in [-0.2, 0) is 25.0 Å². The number of nitrogens with one attached hydrogen (secondary N) is 1. The van der Waals surface area contributed by atoms with Crippen LogP contribution in [-0.4, -0.2) is 51.6 Å². The van der Waals surface area contributed by atoms with E-state index in [9.17, 15) is 13.2 Å². The van der Waals surface area contributed by atoms with Crippen molar-refractivity contribution >= 4 is 38.9 Å². The molecule has 30 heavy (non-hydrogen) atoms. The third-order valence-electron chi connectivity index (χ3n) is 6.00. The number of likely N-dealkylation sites (tertiary alicyclic amines) is 1. The van der Waals surface area contributed by atoms with Gasteiger partial charge in [0.1, 0.15) is 4.21 Å². The second kappa shape index (κ2) is 8.96. The van der Waals surface area contributed by atoms with Crippen molar-refractivity contribution in [1.82, 2.24) is 9.62 Å². The van der Waals surface area contributed by atoms with Crippen molar-refractivity contribution < 1.29 is 17.9 Å². The molecule has 1 amide bonds. The van der Waals surface area contributed by atoms with Crippen LogP contribution in [0.2, 0.25) is 5.02 Å². The van der Waals surface area contributed by atoms with Gasteiger partial charge < -0.3 is 9.64 Å². The molecule has 2 saturated heterocycles. The smallest absolute Gasteiger partial charge is 0.250 e. The summed E-state index contributed by atoms with van der Waals surface area (Å²) >= 11 is 7.42. The van der Waals surface area contributed by atoms with Crippen molar-refractivity contribution in [3.8, 4) is 0 Å². The van der Waals surface area contributed by atoms with Crippen LogP contribution in [0.5, 0.6) is 0 Å². The molecule has 2 aromatic rings. The number of amides is 1. The highest BCUT2D eigenvalue weighted by Gasteiger charge is 2.45. The molecule has 0 aliphatic carbocycles. The molecule has 9 heteroatoms. The van der Waals surface area contributed by atoms with Gasteiger partial charge in [-0.05, 0) is 54.8 Å². The number of benzene rings is 1. The Morgan fingerprint density at radius 2 is 1.90 bits per heavy atom. The molecule has 6 nitrogen and oxygen atoms in total. The van der Waals surface area contributed by atoms with Crippen LogP contribution in [0.1, 0.15) is 31.2 Å². The molecule has 1 aromatic carbocycles. The van der Waals surface area contributed by atoms with Gasteiger partial charge in [-0.15, -0.1) is 11.3 Å². The van der Waals surface area contributed by atoms with E-state index >= 15 is 0 Å². The van der Waals surface area contributed by atoms with Crippen LogP contribution >= 0.6 is 22.9 Å². The molecule has 2 aliphatic rings. The first kappa shape index (κ1) is 21.8. The quantitative estimate of drug-likeness (QED) is 0.729. The van der Waals surface area contributed by atoms with Gasteiger partial charge in [-0.1, -0.05) is 29.8 Å². The second-order valence-electron chi connectivity index (χ2n) is 7.82. The lowest BCUT2D eigenvalue weighted by Gasteiger charge is -2.42. The number of halogens is 1. The fraction of sp³-hybridized carbons (Fsp3) is 0.476. The number of carbonyl (C=O) groups is 1. The highest BCUT2D eigenvalue weighted by Crippen LogP contribution is 2.38. The van der Waals surface area contributed by atoms with E-state index in [1.165, 1.54) is 11.3 Å². The molecule has 2 aliphatic heterocycles. The number of carbonyl (C=O) groups excluding carboxylic acids is 1. The molecule has 0 saturated carbocycles. The maximum atomic E-state index is 13.7. The summed E-state index contributed by atoms with van der Waals surface area (Å²) in [5, 5.41) is 2.37. The maximum absolute atomic E-state index is 13.7. The fourth-order valence-corrected chi connectivity index (χ4v) is 6.83. The van der Waals surface area contributed by atoms with E-state index in [2.05, 4.69) is 4.72 Å². The van der Waals surface area contributed by atoms with Crippen molar-refractivity contribution in [2.75, 3.05) is 26.3 Å². The van der Waals surface area contributed by atoms with Gasteiger partial charge >= 0.3 is 0 Å². The summed E-state index contributed by atoms with van der Waals surface area (Å²) in [6.45, 7) is 2.13. The van der Waals surface area contributed by atoms with E-state index in [1.54, 1.807) is 17.5 Å². The highest BCUT2D eigenvalue weighted by atomic mass is 35.5. The van der Waals surface area contributed by atoms with E-state index < -0.39 is 15.4 Å². The number of piperidine rings is 1. The van der Waals surface area contributed by atoms with Crippen LogP contribution in [0.25, 0.3) is 0 Å². The number of sulfonamides is 1. The van der Waals surface area contributed by atoms with E-state index in [0.717, 1.165) is 5.56 Å². The Morgan fingerprint density at radius 1 is 1.17 bits per heavy atom. The lowest BCUT2D eigenvalue weighted by molar-refractivity contribution is -0.142. The fourth-order valence-electron chi connectivity index (χ4n) is 4.33. The van der Waals surface area contributed by atoms with Crippen LogP contribution < -0.4 is 4.72 Å². The van der Waals surface area contributed by atoms with E-state index in [4.69, 9.17) is 16.3 Å². The molecular formula is C21H25ClN2O4S2. The lowest BCUT2D eigenvalue weighted by atomic mass is 9.72. The number of ether oxygens (including phenoxy) is 1. The minimum absolute atomic E-state index is 0.0904. The zero-order chi connectivity index (χ0) is 21.2. The minimum Gasteiger partial charge on any atom is -0.381 e. The van der Waals surface area contributed by atoms with Gasteiger partial charge in [-0.3, -0.25) is 4.79 Å². The zero-order valence-electron chi connectivity index (χ0n) is 16.6. The number of nitrogens with zero attached hydrogens (tertiary/aromatic N) is 1. The first-order valence-electron chi connectivity index (χ1n) is 10.1. The van der Waals surface area contributed by atoms with Crippen molar-refractivity contribution in [2.45, 2.75) is 41.3 Å².